The number of rotatable bonds is 2. The van der Waals surface area contributed by atoms with Crippen LogP contribution in [0.15, 0.2) is 84.9 Å². The van der Waals surface area contributed by atoms with Gasteiger partial charge in [-0.05, 0) is 44.8 Å². The number of fused-ring (bicyclic) bond motifs is 2. The van der Waals surface area contributed by atoms with Crippen LogP contribution in [0.3, 0.4) is 0 Å². The molecule has 0 aliphatic heterocycles. The van der Waals surface area contributed by atoms with E-state index in [1.54, 1.807) is 0 Å². The van der Waals surface area contributed by atoms with Gasteiger partial charge in [-0.1, -0.05) is 78.9 Å². The Morgan fingerprint density at radius 2 is 1.25 bits per heavy atom. The summed E-state index contributed by atoms with van der Waals surface area (Å²) in [5.74, 6) is 0. The number of nitriles is 1. The minimum absolute atomic E-state index is 0.678. The second-order valence-electron chi connectivity index (χ2n) is 5.77. The van der Waals surface area contributed by atoms with Crippen molar-refractivity contribution in [3.63, 3.8) is 0 Å². The third-order valence-corrected chi connectivity index (χ3v) is 4.31. The maximum atomic E-state index is 9.67. The van der Waals surface area contributed by atoms with Crippen molar-refractivity contribution in [1.29, 1.82) is 5.26 Å². The molecule has 0 amide bonds. The Morgan fingerprint density at radius 1 is 0.708 bits per heavy atom. The molecule has 0 aliphatic rings. The van der Waals surface area contributed by atoms with Gasteiger partial charge < -0.3 is 0 Å². The summed E-state index contributed by atoms with van der Waals surface area (Å²) in [5.41, 5.74) is 2.72. The lowest BCUT2D eigenvalue weighted by Gasteiger charge is -2.09. The molecule has 0 saturated heterocycles. The fourth-order valence-electron chi connectivity index (χ4n) is 3.15. The van der Waals surface area contributed by atoms with Crippen LogP contribution < -0.4 is 0 Å². The molecule has 1 nitrogen and oxygen atoms in total. The Morgan fingerprint density at radius 3 is 1.83 bits per heavy atom. The van der Waals surface area contributed by atoms with E-state index < -0.39 is 0 Å². The lowest BCUT2D eigenvalue weighted by Crippen LogP contribution is -1.86. The van der Waals surface area contributed by atoms with E-state index >= 15 is 0 Å². The van der Waals surface area contributed by atoms with Gasteiger partial charge in [0.2, 0.25) is 0 Å². The van der Waals surface area contributed by atoms with E-state index in [0.717, 1.165) is 11.1 Å². The summed E-state index contributed by atoms with van der Waals surface area (Å²) in [6.45, 7) is 0. The minimum Gasteiger partial charge on any atom is -0.192 e. The molecule has 0 bridgehead atoms. The summed E-state index contributed by atoms with van der Waals surface area (Å²) in [7, 11) is 0. The molecule has 4 aromatic carbocycles. The van der Waals surface area contributed by atoms with Gasteiger partial charge in [0.05, 0.1) is 11.6 Å². The Labute approximate surface area is 141 Å². The van der Waals surface area contributed by atoms with Crippen LogP contribution in [0.1, 0.15) is 11.1 Å². The molecule has 0 atom stereocenters. The average Bonchev–Trinajstić information content (AvgIpc) is 2.66. The first-order valence-electron chi connectivity index (χ1n) is 7.94. The lowest BCUT2D eigenvalue weighted by atomic mass is 9.94. The highest BCUT2D eigenvalue weighted by Crippen LogP contribution is 2.31. The minimum atomic E-state index is 0.678. The summed E-state index contributed by atoms with van der Waals surface area (Å²) in [5, 5.41) is 14.4. The third-order valence-electron chi connectivity index (χ3n) is 4.31. The number of hydrogen-bond donors (Lipinski definition) is 0. The number of hydrogen-bond acceptors (Lipinski definition) is 1. The Kier molecular flexibility index (Phi) is 3.57. The van der Waals surface area contributed by atoms with E-state index in [4.69, 9.17) is 0 Å². The van der Waals surface area contributed by atoms with Gasteiger partial charge in [-0.25, -0.2) is 0 Å². The van der Waals surface area contributed by atoms with E-state index in [-0.39, 0.29) is 0 Å². The van der Waals surface area contributed by atoms with Crippen molar-refractivity contribution in [1.82, 2.24) is 0 Å². The second kappa shape index (κ2) is 6.02. The first kappa shape index (κ1) is 14.2. The van der Waals surface area contributed by atoms with Gasteiger partial charge in [-0.15, -0.1) is 0 Å². The quantitative estimate of drug-likeness (QED) is 0.251. The summed E-state index contributed by atoms with van der Waals surface area (Å²) in [6, 6.07) is 31.1. The van der Waals surface area contributed by atoms with Crippen LogP contribution in [0.2, 0.25) is 0 Å². The molecular weight excluding hydrogens is 290 g/mol. The standard InChI is InChI=1S/C23H15N/c24-16-20(17-8-2-1-3-9-17)15-23-21-12-6-4-10-18(21)14-19-11-5-7-13-22(19)23/h1-15H/b20-15-. The van der Waals surface area contributed by atoms with E-state index in [1.165, 1.54) is 21.5 Å². The molecule has 0 saturated carbocycles. The topological polar surface area (TPSA) is 23.8 Å². The van der Waals surface area contributed by atoms with Gasteiger partial charge in [0, 0.05) is 0 Å². The highest BCUT2D eigenvalue weighted by Gasteiger charge is 2.08. The van der Waals surface area contributed by atoms with Gasteiger partial charge in [-0.2, -0.15) is 5.26 Å². The van der Waals surface area contributed by atoms with Crippen molar-refractivity contribution in [3.05, 3.63) is 96.1 Å². The van der Waals surface area contributed by atoms with Crippen LogP contribution in [0.5, 0.6) is 0 Å². The van der Waals surface area contributed by atoms with E-state index in [0.29, 0.717) is 5.57 Å². The SMILES string of the molecule is N#C/C(=C/c1c2ccccc2cc2ccccc12)c1ccccc1. The smallest absolute Gasteiger partial charge is 0.0998 e. The van der Waals surface area contributed by atoms with Crippen molar-refractivity contribution < 1.29 is 0 Å². The van der Waals surface area contributed by atoms with Crippen LogP contribution in [-0.2, 0) is 0 Å². The van der Waals surface area contributed by atoms with Gasteiger partial charge in [-0.3, -0.25) is 0 Å². The maximum absolute atomic E-state index is 9.67. The van der Waals surface area contributed by atoms with Crippen LogP contribution in [-0.4, -0.2) is 0 Å². The molecule has 0 aliphatic carbocycles. The zero-order valence-electron chi connectivity index (χ0n) is 13.1. The summed E-state index contributed by atoms with van der Waals surface area (Å²) < 4.78 is 0. The fraction of sp³-hybridized carbons (Fsp3) is 0. The third kappa shape index (κ3) is 2.45. The molecule has 0 heterocycles. The van der Waals surface area contributed by atoms with Gasteiger partial charge in [0.25, 0.3) is 0 Å². The first-order chi connectivity index (χ1) is 11.9. The largest absolute Gasteiger partial charge is 0.192 e. The van der Waals surface area contributed by atoms with E-state index in [9.17, 15) is 5.26 Å². The van der Waals surface area contributed by atoms with Gasteiger partial charge in [0.15, 0.2) is 0 Å². The molecule has 0 N–H and O–H groups in total. The molecule has 0 unspecified atom stereocenters. The van der Waals surface area contributed by atoms with Crippen LogP contribution in [0.4, 0.5) is 0 Å². The van der Waals surface area contributed by atoms with Gasteiger partial charge in [0.1, 0.15) is 0 Å². The van der Waals surface area contributed by atoms with E-state index in [1.807, 2.05) is 60.7 Å². The molecule has 0 fully saturated rings. The molecule has 24 heavy (non-hydrogen) atoms. The van der Waals surface area contributed by atoms with Crippen LogP contribution in [0.25, 0.3) is 33.2 Å². The monoisotopic (exact) mass is 305 g/mol. The van der Waals surface area contributed by atoms with Gasteiger partial charge >= 0.3 is 0 Å². The number of allylic oxidation sites excluding steroid dienone is 1. The highest BCUT2D eigenvalue weighted by molar-refractivity contribution is 6.10. The average molecular weight is 305 g/mol. The normalized spacial score (nSPS) is 11.5. The molecule has 0 spiro atoms. The zero-order valence-corrected chi connectivity index (χ0v) is 13.1. The zero-order chi connectivity index (χ0) is 16.4. The maximum Gasteiger partial charge on any atom is 0.0998 e. The van der Waals surface area contributed by atoms with Crippen molar-refractivity contribution >= 4 is 33.2 Å². The molecule has 4 aromatic rings. The number of nitrogens with zero attached hydrogens (tertiary/aromatic N) is 1. The molecular formula is C23H15N. The summed E-state index contributed by atoms with van der Waals surface area (Å²) >= 11 is 0. The molecule has 0 radical (unpaired) electrons. The van der Waals surface area contributed by atoms with Crippen LogP contribution in [0, 0.1) is 11.3 Å². The summed E-state index contributed by atoms with van der Waals surface area (Å²) in [4.78, 5) is 0. The predicted octanol–water partition coefficient (Wildman–Crippen LogP) is 6.06. The molecule has 1 heteroatoms. The predicted molar refractivity (Wildman–Crippen MR) is 101 cm³/mol. The Hall–Kier alpha value is -3.37. The highest BCUT2D eigenvalue weighted by atomic mass is 14.2. The second-order valence-corrected chi connectivity index (χ2v) is 5.77. The van der Waals surface area contributed by atoms with Crippen molar-refractivity contribution in [3.8, 4) is 6.07 Å². The van der Waals surface area contributed by atoms with Crippen molar-refractivity contribution in [2.75, 3.05) is 0 Å². The Bertz CT molecular complexity index is 1050. The fourth-order valence-corrected chi connectivity index (χ4v) is 3.15. The van der Waals surface area contributed by atoms with Crippen molar-refractivity contribution in [2.45, 2.75) is 0 Å². The molecule has 0 aromatic heterocycles. The van der Waals surface area contributed by atoms with Crippen molar-refractivity contribution in [2.24, 2.45) is 0 Å². The Balaban J connectivity index is 2.07. The van der Waals surface area contributed by atoms with E-state index in [2.05, 4.69) is 36.4 Å². The lowest BCUT2D eigenvalue weighted by molar-refractivity contribution is 1.52. The number of benzene rings is 4. The van der Waals surface area contributed by atoms with Crippen LogP contribution >= 0.6 is 0 Å². The molecule has 4 rings (SSSR count). The first-order valence-corrected chi connectivity index (χ1v) is 7.94. The molecule has 112 valence electrons. The summed E-state index contributed by atoms with van der Waals surface area (Å²) in [6.07, 6.45) is 2.01.